The van der Waals surface area contributed by atoms with Crippen LogP contribution in [0.5, 0.6) is 0 Å². The topological polar surface area (TPSA) is 33.0 Å². The Labute approximate surface area is 95.3 Å². The van der Waals surface area contributed by atoms with Crippen molar-refractivity contribution in [3.63, 3.8) is 0 Å². The third-order valence-electron chi connectivity index (χ3n) is 2.26. The molecule has 0 saturated heterocycles. The van der Waals surface area contributed by atoms with E-state index in [0.717, 1.165) is 5.56 Å². The fraction of sp³-hybridized carbons (Fsp3) is 0.417. The predicted octanol–water partition coefficient (Wildman–Crippen LogP) is 3.15. The van der Waals surface area contributed by atoms with Crippen molar-refractivity contribution < 1.29 is 4.74 Å². The quantitative estimate of drug-likeness (QED) is 0.716. The van der Waals surface area contributed by atoms with Crippen molar-refractivity contribution in [2.75, 3.05) is 12.4 Å². The van der Waals surface area contributed by atoms with Gasteiger partial charge in [-0.1, -0.05) is 30.3 Å². The molecule has 1 unspecified atom stereocenters. The van der Waals surface area contributed by atoms with Gasteiger partial charge in [0, 0.05) is 12.4 Å². The molecular formula is C12H15NOS. The van der Waals surface area contributed by atoms with Gasteiger partial charge in [0.05, 0.1) is 0 Å². The van der Waals surface area contributed by atoms with Crippen molar-refractivity contribution in [2.45, 2.75) is 19.4 Å². The van der Waals surface area contributed by atoms with E-state index < -0.39 is 0 Å². The van der Waals surface area contributed by atoms with Crippen LogP contribution in [0.2, 0.25) is 0 Å². The highest BCUT2D eigenvalue weighted by Gasteiger charge is 2.26. The molecule has 0 aliphatic carbocycles. The van der Waals surface area contributed by atoms with Gasteiger partial charge >= 0.3 is 0 Å². The standard InChI is InChI=1S/C12H15NOS/c1-3-14-12(2,9-15-10-13)11-7-5-4-6-8-11/h4-8H,3,9H2,1-2H3. The van der Waals surface area contributed by atoms with Gasteiger partial charge in [-0.3, -0.25) is 0 Å². The van der Waals surface area contributed by atoms with Crippen LogP contribution in [0.3, 0.4) is 0 Å². The van der Waals surface area contributed by atoms with Gasteiger partial charge in [0.1, 0.15) is 11.0 Å². The van der Waals surface area contributed by atoms with Crippen molar-refractivity contribution in [2.24, 2.45) is 0 Å². The third-order valence-corrected chi connectivity index (χ3v) is 3.08. The second-order valence-corrected chi connectivity index (χ2v) is 4.17. The zero-order chi connectivity index (χ0) is 11.1. The van der Waals surface area contributed by atoms with Gasteiger partial charge < -0.3 is 4.74 Å². The number of hydrogen-bond donors (Lipinski definition) is 0. The van der Waals surface area contributed by atoms with Gasteiger partial charge in [-0.25, -0.2) is 0 Å². The molecule has 0 aliphatic rings. The highest BCUT2D eigenvalue weighted by molar-refractivity contribution is 8.03. The summed E-state index contributed by atoms with van der Waals surface area (Å²) in [5.74, 6) is 0.654. The lowest BCUT2D eigenvalue weighted by Gasteiger charge is -2.28. The monoisotopic (exact) mass is 221 g/mol. The van der Waals surface area contributed by atoms with Gasteiger partial charge in [-0.15, -0.1) is 0 Å². The van der Waals surface area contributed by atoms with E-state index in [1.165, 1.54) is 11.8 Å². The number of thiocyanates is 1. The molecule has 0 aromatic heterocycles. The zero-order valence-corrected chi connectivity index (χ0v) is 9.88. The first-order valence-corrected chi connectivity index (χ1v) is 5.92. The van der Waals surface area contributed by atoms with Crippen LogP contribution in [0.1, 0.15) is 19.4 Å². The molecule has 0 saturated carbocycles. The average Bonchev–Trinajstić information content (AvgIpc) is 2.28. The fourth-order valence-corrected chi connectivity index (χ4v) is 2.08. The van der Waals surface area contributed by atoms with E-state index in [1.54, 1.807) is 0 Å². The molecule has 0 radical (unpaired) electrons. The Balaban J connectivity index is 2.86. The van der Waals surface area contributed by atoms with E-state index in [1.807, 2.05) is 44.2 Å². The highest BCUT2D eigenvalue weighted by atomic mass is 32.2. The first-order valence-electron chi connectivity index (χ1n) is 4.93. The molecule has 15 heavy (non-hydrogen) atoms. The molecule has 0 aliphatic heterocycles. The molecule has 0 spiro atoms. The number of hydrogen-bond acceptors (Lipinski definition) is 3. The molecule has 2 nitrogen and oxygen atoms in total. The molecule has 1 aromatic rings. The summed E-state index contributed by atoms with van der Waals surface area (Å²) >= 11 is 1.23. The number of thioether (sulfide) groups is 1. The van der Waals surface area contributed by atoms with Gasteiger partial charge in [0.2, 0.25) is 0 Å². The second kappa shape index (κ2) is 5.79. The fourth-order valence-electron chi connectivity index (χ4n) is 1.49. The van der Waals surface area contributed by atoms with Gasteiger partial charge in [0.15, 0.2) is 0 Å². The maximum atomic E-state index is 8.60. The largest absolute Gasteiger partial charge is 0.370 e. The maximum Gasteiger partial charge on any atom is 0.133 e. The molecule has 0 amide bonds. The van der Waals surface area contributed by atoms with E-state index in [0.29, 0.717) is 12.4 Å². The summed E-state index contributed by atoms with van der Waals surface area (Å²) in [7, 11) is 0. The van der Waals surface area contributed by atoms with E-state index in [2.05, 4.69) is 5.40 Å². The molecule has 0 bridgehead atoms. The van der Waals surface area contributed by atoms with Crippen LogP contribution in [0, 0.1) is 10.7 Å². The summed E-state index contributed by atoms with van der Waals surface area (Å²) in [6.07, 6.45) is 0. The number of nitrogens with zero attached hydrogens (tertiary/aromatic N) is 1. The van der Waals surface area contributed by atoms with Crippen molar-refractivity contribution >= 4 is 11.8 Å². The molecule has 0 N–H and O–H groups in total. The van der Waals surface area contributed by atoms with Crippen LogP contribution < -0.4 is 0 Å². The lowest BCUT2D eigenvalue weighted by Crippen LogP contribution is -2.28. The van der Waals surface area contributed by atoms with E-state index in [9.17, 15) is 0 Å². The number of nitriles is 1. The Hall–Kier alpha value is -0.980. The molecular weight excluding hydrogens is 206 g/mol. The summed E-state index contributed by atoms with van der Waals surface area (Å²) < 4.78 is 5.75. The van der Waals surface area contributed by atoms with Gasteiger partial charge in [-0.2, -0.15) is 5.26 Å². The smallest absolute Gasteiger partial charge is 0.133 e. The minimum absolute atomic E-state index is 0.365. The number of rotatable bonds is 5. The third kappa shape index (κ3) is 3.26. The molecule has 1 rings (SSSR count). The van der Waals surface area contributed by atoms with Gasteiger partial charge in [0.25, 0.3) is 0 Å². The van der Waals surface area contributed by atoms with Crippen LogP contribution in [0.25, 0.3) is 0 Å². The molecule has 80 valence electrons. The first-order chi connectivity index (χ1) is 7.23. The maximum absolute atomic E-state index is 8.60. The molecule has 1 atom stereocenters. The molecule has 1 aromatic carbocycles. The Morgan fingerprint density at radius 1 is 1.40 bits per heavy atom. The summed E-state index contributed by atoms with van der Waals surface area (Å²) in [5.41, 5.74) is 0.755. The SMILES string of the molecule is CCOC(C)(CSC#N)c1ccccc1. The Kier molecular flexibility index (Phi) is 4.67. The lowest BCUT2D eigenvalue weighted by atomic mass is 9.98. The van der Waals surface area contributed by atoms with Crippen molar-refractivity contribution in [1.29, 1.82) is 5.26 Å². The Morgan fingerprint density at radius 3 is 2.60 bits per heavy atom. The van der Waals surface area contributed by atoms with E-state index in [-0.39, 0.29) is 5.60 Å². The van der Waals surface area contributed by atoms with E-state index in [4.69, 9.17) is 10.00 Å². The average molecular weight is 221 g/mol. The summed E-state index contributed by atoms with van der Waals surface area (Å²) in [5, 5.41) is 10.7. The molecule has 0 fully saturated rings. The lowest BCUT2D eigenvalue weighted by molar-refractivity contribution is -0.00978. The van der Waals surface area contributed by atoms with Crippen molar-refractivity contribution in [3.8, 4) is 5.40 Å². The van der Waals surface area contributed by atoms with Crippen LogP contribution in [-0.4, -0.2) is 12.4 Å². The summed E-state index contributed by atoms with van der Waals surface area (Å²) in [6, 6.07) is 10.0. The first kappa shape index (κ1) is 12.1. The van der Waals surface area contributed by atoms with Crippen LogP contribution >= 0.6 is 11.8 Å². The summed E-state index contributed by atoms with van der Waals surface area (Å²) in [4.78, 5) is 0. The van der Waals surface area contributed by atoms with Gasteiger partial charge in [-0.05, 0) is 31.2 Å². The highest BCUT2D eigenvalue weighted by Crippen LogP contribution is 2.28. The Morgan fingerprint density at radius 2 is 2.07 bits per heavy atom. The zero-order valence-electron chi connectivity index (χ0n) is 9.06. The molecule has 0 heterocycles. The van der Waals surface area contributed by atoms with Crippen LogP contribution in [0.4, 0.5) is 0 Å². The Bertz CT molecular complexity index is 333. The number of benzene rings is 1. The van der Waals surface area contributed by atoms with Crippen LogP contribution in [0.15, 0.2) is 30.3 Å². The molecule has 3 heteroatoms. The minimum atomic E-state index is -0.365. The van der Waals surface area contributed by atoms with Crippen molar-refractivity contribution in [3.05, 3.63) is 35.9 Å². The normalized spacial score (nSPS) is 14.2. The van der Waals surface area contributed by atoms with Crippen LogP contribution in [-0.2, 0) is 10.3 Å². The van der Waals surface area contributed by atoms with Crippen molar-refractivity contribution in [1.82, 2.24) is 0 Å². The minimum Gasteiger partial charge on any atom is -0.370 e. The van der Waals surface area contributed by atoms with E-state index >= 15 is 0 Å². The predicted molar refractivity (Wildman–Crippen MR) is 63.5 cm³/mol. The summed E-state index contributed by atoms with van der Waals surface area (Å²) in [6.45, 7) is 4.64. The number of ether oxygens (including phenoxy) is 1. The second-order valence-electron chi connectivity index (χ2n) is 3.41.